The van der Waals surface area contributed by atoms with Crippen LogP contribution in [-0.2, 0) is 6.54 Å². The monoisotopic (exact) mass is 292 g/mol. The highest BCUT2D eigenvalue weighted by atomic mass is 16.4. The predicted molar refractivity (Wildman–Crippen MR) is 81.9 cm³/mol. The number of imidazole rings is 1. The van der Waals surface area contributed by atoms with Gasteiger partial charge in [0.1, 0.15) is 11.2 Å². The van der Waals surface area contributed by atoms with Crippen molar-refractivity contribution < 1.29 is 9.90 Å². The summed E-state index contributed by atoms with van der Waals surface area (Å²) in [6, 6.07) is 9.86. The summed E-state index contributed by atoms with van der Waals surface area (Å²) in [7, 11) is 0. The Morgan fingerprint density at radius 2 is 2.05 bits per heavy atom. The maximum Gasteiger partial charge on any atom is 0.338 e. The van der Waals surface area contributed by atoms with E-state index in [4.69, 9.17) is 0 Å². The molecule has 0 aliphatic rings. The molecule has 4 aromatic rings. The molecule has 0 saturated heterocycles. The Morgan fingerprint density at radius 3 is 2.82 bits per heavy atom. The van der Waals surface area contributed by atoms with Crippen molar-refractivity contribution in [3.05, 3.63) is 60.2 Å². The Kier molecular flexibility index (Phi) is 2.69. The fraction of sp³-hybridized carbons (Fsp3) is 0.0625. The van der Waals surface area contributed by atoms with Gasteiger partial charge in [0.2, 0.25) is 0 Å². The first-order valence-electron chi connectivity index (χ1n) is 6.82. The maximum absolute atomic E-state index is 11.6. The number of nitrogens with zero attached hydrogens (tertiary/aromatic N) is 3. The molecule has 3 aromatic heterocycles. The average molecular weight is 292 g/mol. The van der Waals surface area contributed by atoms with Gasteiger partial charge in [-0.2, -0.15) is 0 Å². The molecule has 1 aromatic carbocycles. The van der Waals surface area contributed by atoms with Crippen LogP contribution in [0.1, 0.15) is 15.9 Å². The lowest BCUT2D eigenvalue weighted by Crippen LogP contribution is -1.99. The minimum Gasteiger partial charge on any atom is -0.478 e. The van der Waals surface area contributed by atoms with Crippen molar-refractivity contribution in [2.75, 3.05) is 0 Å². The van der Waals surface area contributed by atoms with E-state index in [2.05, 4.69) is 15.0 Å². The second-order valence-electron chi connectivity index (χ2n) is 5.08. The number of carbonyl (C=O) groups is 1. The Morgan fingerprint density at radius 1 is 1.23 bits per heavy atom. The van der Waals surface area contributed by atoms with Crippen molar-refractivity contribution >= 4 is 28.0 Å². The Balaban J connectivity index is 1.97. The van der Waals surface area contributed by atoms with E-state index < -0.39 is 5.97 Å². The topological polar surface area (TPSA) is 83.8 Å². The standard InChI is InChI=1S/C16H12N4O2/c21-16(22)11-8-20(7-10-4-2-1-3-5-10)15-13(11)14-12(6-17-15)18-9-19-14/h1-6,8-9H,7H2,(H,18,19)(H,21,22). The number of hydrogen-bond acceptors (Lipinski definition) is 3. The highest BCUT2D eigenvalue weighted by Crippen LogP contribution is 2.27. The zero-order valence-electron chi connectivity index (χ0n) is 11.5. The van der Waals surface area contributed by atoms with Crippen molar-refractivity contribution in [3.63, 3.8) is 0 Å². The van der Waals surface area contributed by atoms with E-state index in [0.29, 0.717) is 23.1 Å². The lowest BCUT2D eigenvalue weighted by atomic mass is 10.2. The molecule has 0 saturated carbocycles. The molecular formula is C16H12N4O2. The molecule has 6 nitrogen and oxygen atoms in total. The van der Waals surface area contributed by atoms with Gasteiger partial charge in [-0.05, 0) is 5.56 Å². The smallest absolute Gasteiger partial charge is 0.338 e. The summed E-state index contributed by atoms with van der Waals surface area (Å²) in [4.78, 5) is 23.2. The summed E-state index contributed by atoms with van der Waals surface area (Å²) in [5.41, 5.74) is 3.29. The highest BCUT2D eigenvalue weighted by Gasteiger charge is 2.19. The number of aromatic carboxylic acids is 1. The van der Waals surface area contributed by atoms with Crippen LogP contribution < -0.4 is 0 Å². The molecule has 0 unspecified atom stereocenters. The molecule has 0 amide bonds. The zero-order valence-corrected chi connectivity index (χ0v) is 11.5. The number of aromatic amines is 1. The molecule has 0 radical (unpaired) electrons. The van der Waals surface area contributed by atoms with Crippen molar-refractivity contribution in [1.82, 2.24) is 19.5 Å². The van der Waals surface area contributed by atoms with Gasteiger partial charge in [-0.1, -0.05) is 30.3 Å². The average Bonchev–Trinajstić information content (AvgIpc) is 3.12. The van der Waals surface area contributed by atoms with E-state index in [-0.39, 0.29) is 5.56 Å². The summed E-state index contributed by atoms with van der Waals surface area (Å²) in [6.45, 7) is 0.563. The van der Waals surface area contributed by atoms with E-state index in [1.54, 1.807) is 18.7 Å². The molecule has 6 heteroatoms. The number of nitrogens with one attached hydrogen (secondary N) is 1. The molecular weight excluding hydrogens is 280 g/mol. The molecule has 0 aliphatic heterocycles. The third-order valence-electron chi connectivity index (χ3n) is 3.70. The maximum atomic E-state index is 11.6. The van der Waals surface area contributed by atoms with Gasteiger partial charge in [0.15, 0.2) is 0 Å². The molecule has 108 valence electrons. The van der Waals surface area contributed by atoms with Crippen LogP contribution in [0.15, 0.2) is 49.1 Å². The number of carboxylic acids is 1. The fourth-order valence-electron chi connectivity index (χ4n) is 2.71. The minimum atomic E-state index is -0.978. The van der Waals surface area contributed by atoms with E-state index in [1.165, 1.54) is 0 Å². The molecule has 2 N–H and O–H groups in total. The van der Waals surface area contributed by atoms with Gasteiger partial charge >= 0.3 is 5.97 Å². The molecule has 0 aliphatic carbocycles. The van der Waals surface area contributed by atoms with Crippen LogP contribution in [0.3, 0.4) is 0 Å². The molecule has 0 fully saturated rings. The van der Waals surface area contributed by atoms with Crippen LogP contribution in [0, 0.1) is 0 Å². The first-order valence-corrected chi connectivity index (χ1v) is 6.82. The van der Waals surface area contributed by atoms with E-state index in [1.807, 2.05) is 34.9 Å². The number of H-pyrrole nitrogens is 1. The van der Waals surface area contributed by atoms with Crippen molar-refractivity contribution in [1.29, 1.82) is 0 Å². The van der Waals surface area contributed by atoms with Gasteiger partial charge in [-0.25, -0.2) is 14.8 Å². The van der Waals surface area contributed by atoms with Crippen molar-refractivity contribution in [2.45, 2.75) is 6.54 Å². The molecule has 22 heavy (non-hydrogen) atoms. The molecule has 0 bridgehead atoms. The number of pyridine rings is 1. The van der Waals surface area contributed by atoms with Gasteiger partial charge < -0.3 is 14.7 Å². The van der Waals surface area contributed by atoms with Crippen LogP contribution in [0.5, 0.6) is 0 Å². The Labute approximate surface area is 125 Å². The summed E-state index contributed by atoms with van der Waals surface area (Å²) in [6.07, 6.45) is 4.85. The molecule has 0 spiro atoms. The summed E-state index contributed by atoms with van der Waals surface area (Å²) in [5.74, 6) is -0.978. The summed E-state index contributed by atoms with van der Waals surface area (Å²) < 4.78 is 1.85. The van der Waals surface area contributed by atoms with E-state index in [0.717, 1.165) is 11.1 Å². The minimum absolute atomic E-state index is 0.219. The number of rotatable bonds is 3. The number of carboxylic acid groups (broad SMARTS) is 1. The third-order valence-corrected chi connectivity index (χ3v) is 3.70. The van der Waals surface area contributed by atoms with Gasteiger partial charge in [0, 0.05) is 12.7 Å². The Bertz CT molecular complexity index is 985. The molecule has 4 rings (SSSR count). The summed E-state index contributed by atoms with van der Waals surface area (Å²) in [5, 5.41) is 10.1. The number of aromatic nitrogens is 4. The predicted octanol–water partition coefficient (Wildman–Crippen LogP) is 2.66. The van der Waals surface area contributed by atoms with Gasteiger partial charge in [0.25, 0.3) is 0 Å². The van der Waals surface area contributed by atoms with Crippen LogP contribution in [0.4, 0.5) is 0 Å². The van der Waals surface area contributed by atoms with E-state index in [9.17, 15) is 9.90 Å². The largest absolute Gasteiger partial charge is 0.478 e. The number of fused-ring (bicyclic) bond motifs is 3. The van der Waals surface area contributed by atoms with Gasteiger partial charge in [-0.15, -0.1) is 0 Å². The lowest BCUT2D eigenvalue weighted by molar-refractivity contribution is 0.0699. The van der Waals surface area contributed by atoms with E-state index >= 15 is 0 Å². The third kappa shape index (κ3) is 1.85. The SMILES string of the molecule is O=C(O)c1cn(Cc2ccccc2)c2ncc3[nH]cnc3c12. The molecule has 0 atom stereocenters. The first-order chi connectivity index (χ1) is 10.7. The van der Waals surface area contributed by atoms with Crippen molar-refractivity contribution in [2.24, 2.45) is 0 Å². The fourth-order valence-corrected chi connectivity index (χ4v) is 2.71. The second-order valence-corrected chi connectivity index (χ2v) is 5.08. The van der Waals surface area contributed by atoms with Gasteiger partial charge in [0.05, 0.1) is 29.0 Å². The highest BCUT2D eigenvalue weighted by molar-refractivity contribution is 6.12. The van der Waals surface area contributed by atoms with Crippen LogP contribution in [-0.4, -0.2) is 30.6 Å². The quantitative estimate of drug-likeness (QED) is 0.608. The van der Waals surface area contributed by atoms with Crippen molar-refractivity contribution in [3.8, 4) is 0 Å². The number of hydrogen-bond donors (Lipinski definition) is 2. The zero-order chi connectivity index (χ0) is 15.1. The second kappa shape index (κ2) is 4.70. The number of benzene rings is 1. The Hall–Kier alpha value is -3.15. The lowest BCUT2D eigenvalue weighted by Gasteiger charge is -2.04. The van der Waals surface area contributed by atoms with Gasteiger partial charge in [-0.3, -0.25) is 0 Å². The first kappa shape index (κ1) is 12.6. The normalized spacial score (nSPS) is 11.3. The summed E-state index contributed by atoms with van der Waals surface area (Å²) >= 11 is 0. The molecule has 3 heterocycles. The van der Waals surface area contributed by atoms with Crippen LogP contribution in [0.2, 0.25) is 0 Å². The van der Waals surface area contributed by atoms with Crippen LogP contribution in [0.25, 0.3) is 22.1 Å². The van der Waals surface area contributed by atoms with Crippen LogP contribution >= 0.6 is 0 Å².